The van der Waals surface area contributed by atoms with Gasteiger partial charge in [-0.2, -0.15) is 0 Å². The highest BCUT2D eigenvalue weighted by atomic mass is 19.1. The molecule has 0 aliphatic carbocycles. The Morgan fingerprint density at radius 2 is 2.00 bits per heavy atom. The minimum absolute atomic E-state index is 0.113. The quantitative estimate of drug-likeness (QED) is 0.879. The monoisotopic (exact) mass is 274 g/mol. The maximum Gasteiger partial charge on any atom is 0.223 e. The van der Waals surface area contributed by atoms with Gasteiger partial charge in [0, 0.05) is 6.20 Å². The predicted octanol–water partition coefficient (Wildman–Crippen LogP) is 2.31. The molecule has 5 heteroatoms. The Kier molecular flexibility index (Phi) is 5.06. The van der Waals surface area contributed by atoms with Crippen molar-refractivity contribution in [2.75, 3.05) is 6.61 Å². The van der Waals surface area contributed by atoms with Crippen LogP contribution in [0.15, 0.2) is 48.7 Å². The summed E-state index contributed by atoms with van der Waals surface area (Å²) >= 11 is 0. The van der Waals surface area contributed by atoms with Crippen LogP contribution >= 0.6 is 0 Å². The molecule has 0 spiro atoms. The van der Waals surface area contributed by atoms with Crippen LogP contribution in [0, 0.1) is 5.82 Å². The number of rotatable bonds is 6. The summed E-state index contributed by atoms with van der Waals surface area (Å²) in [6.45, 7) is 0.649. The number of hydrogen-bond donors (Lipinski definition) is 1. The van der Waals surface area contributed by atoms with Crippen molar-refractivity contribution in [1.29, 1.82) is 0 Å². The fraction of sp³-hybridized carbons (Fsp3) is 0.200. The van der Waals surface area contributed by atoms with Gasteiger partial charge in [0.25, 0.3) is 0 Å². The summed E-state index contributed by atoms with van der Waals surface area (Å²) in [6, 6.07) is 11.2. The van der Waals surface area contributed by atoms with Gasteiger partial charge in [-0.3, -0.25) is 9.78 Å². The number of carbonyl (C=O) groups excluding carboxylic acids is 1. The first-order valence-electron chi connectivity index (χ1n) is 6.29. The predicted molar refractivity (Wildman–Crippen MR) is 72.6 cm³/mol. The molecule has 4 nitrogen and oxygen atoms in total. The Bertz CT molecular complexity index is 544. The average Bonchev–Trinajstić information content (AvgIpc) is 2.48. The molecule has 0 fully saturated rings. The van der Waals surface area contributed by atoms with Crippen molar-refractivity contribution in [3.05, 3.63) is 60.2 Å². The van der Waals surface area contributed by atoms with Crippen molar-refractivity contribution in [3.8, 4) is 5.75 Å². The Labute approximate surface area is 116 Å². The minimum atomic E-state index is -0.314. The molecule has 0 aliphatic heterocycles. The van der Waals surface area contributed by atoms with E-state index in [-0.39, 0.29) is 24.8 Å². The number of nitrogens with zero attached hydrogens (tertiary/aromatic N) is 1. The average molecular weight is 274 g/mol. The second-order valence-corrected chi connectivity index (χ2v) is 4.15. The van der Waals surface area contributed by atoms with Gasteiger partial charge < -0.3 is 10.1 Å². The van der Waals surface area contributed by atoms with E-state index >= 15 is 0 Å². The molecule has 0 radical (unpaired) electrons. The fourth-order valence-corrected chi connectivity index (χ4v) is 1.57. The van der Waals surface area contributed by atoms with Crippen LogP contribution in [0.4, 0.5) is 4.39 Å². The molecule has 0 saturated heterocycles. The van der Waals surface area contributed by atoms with E-state index < -0.39 is 0 Å². The largest absolute Gasteiger partial charge is 0.493 e. The molecule has 0 unspecified atom stereocenters. The lowest BCUT2D eigenvalue weighted by molar-refractivity contribution is -0.121. The number of halogens is 1. The van der Waals surface area contributed by atoms with Crippen LogP contribution in [0.3, 0.4) is 0 Å². The number of ether oxygens (including phenoxy) is 1. The Hall–Kier alpha value is -2.43. The van der Waals surface area contributed by atoms with E-state index in [4.69, 9.17) is 4.74 Å². The summed E-state index contributed by atoms with van der Waals surface area (Å²) < 4.78 is 18.0. The van der Waals surface area contributed by atoms with Gasteiger partial charge in [0.05, 0.1) is 25.3 Å². The van der Waals surface area contributed by atoms with E-state index in [2.05, 4.69) is 10.3 Å². The number of benzene rings is 1. The van der Waals surface area contributed by atoms with Crippen molar-refractivity contribution in [2.24, 2.45) is 0 Å². The molecule has 1 amide bonds. The minimum Gasteiger partial charge on any atom is -0.493 e. The van der Waals surface area contributed by atoms with Crippen molar-refractivity contribution in [2.45, 2.75) is 13.0 Å². The molecule has 1 heterocycles. The zero-order valence-electron chi connectivity index (χ0n) is 10.9. The normalized spacial score (nSPS) is 10.1. The fourth-order valence-electron chi connectivity index (χ4n) is 1.57. The molecule has 1 aromatic heterocycles. The molecule has 20 heavy (non-hydrogen) atoms. The van der Waals surface area contributed by atoms with Gasteiger partial charge in [0.1, 0.15) is 11.6 Å². The van der Waals surface area contributed by atoms with Crippen LogP contribution in [0.1, 0.15) is 12.1 Å². The van der Waals surface area contributed by atoms with Crippen LogP contribution < -0.4 is 10.1 Å². The lowest BCUT2D eigenvalue weighted by atomic mass is 10.3. The molecule has 1 aromatic carbocycles. The van der Waals surface area contributed by atoms with Crippen molar-refractivity contribution in [1.82, 2.24) is 10.3 Å². The first-order valence-corrected chi connectivity index (χ1v) is 6.29. The van der Waals surface area contributed by atoms with Gasteiger partial charge in [-0.15, -0.1) is 0 Å². The number of pyridine rings is 1. The number of carbonyl (C=O) groups is 1. The van der Waals surface area contributed by atoms with Crippen LogP contribution in [-0.4, -0.2) is 17.5 Å². The van der Waals surface area contributed by atoms with Crippen LogP contribution in [0.5, 0.6) is 5.75 Å². The van der Waals surface area contributed by atoms with E-state index in [0.29, 0.717) is 12.3 Å². The van der Waals surface area contributed by atoms with Gasteiger partial charge in [0.2, 0.25) is 5.91 Å². The third-order valence-corrected chi connectivity index (χ3v) is 2.60. The van der Waals surface area contributed by atoms with E-state index in [1.165, 1.54) is 24.3 Å². The molecule has 1 N–H and O–H groups in total. The second-order valence-electron chi connectivity index (χ2n) is 4.15. The highest BCUT2D eigenvalue weighted by Crippen LogP contribution is 2.11. The first kappa shape index (κ1) is 14.0. The van der Waals surface area contributed by atoms with Crippen LogP contribution in [0.2, 0.25) is 0 Å². The van der Waals surface area contributed by atoms with Gasteiger partial charge >= 0.3 is 0 Å². The van der Waals surface area contributed by atoms with Crippen LogP contribution in [-0.2, 0) is 11.3 Å². The van der Waals surface area contributed by atoms with E-state index in [9.17, 15) is 9.18 Å². The lowest BCUT2D eigenvalue weighted by Crippen LogP contribution is -2.24. The third kappa shape index (κ3) is 4.68. The molecular weight excluding hydrogens is 259 g/mol. The molecule has 0 aliphatic rings. The highest BCUT2D eigenvalue weighted by molar-refractivity contribution is 5.75. The summed E-state index contributed by atoms with van der Waals surface area (Å²) in [7, 11) is 0. The summed E-state index contributed by atoms with van der Waals surface area (Å²) in [5.74, 6) is 0.118. The third-order valence-electron chi connectivity index (χ3n) is 2.60. The number of hydrogen-bond acceptors (Lipinski definition) is 3. The second kappa shape index (κ2) is 7.23. The molecule has 2 rings (SSSR count). The molecule has 0 saturated carbocycles. The maximum atomic E-state index is 12.7. The first-order chi connectivity index (χ1) is 9.74. The summed E-state index contributed by atoms with van der Waals surface area (Å²) in [4.78, 5) is 15.7. The standard InChI is InChI=1S/C15H15FN2O2/c16-12-4-6-14(7-5-12)20-10-8-15(19)18-11-13-3-1-2-9-17-13/h1-7,9H,8,10-11H2,(H,18,19). The highest BCUT2D eigenvalue weighted by Gasteiger charge is 2.02. The van der Waals surface area contributed by atoms with Gasteiger partial charge in [-0.05, 0) is 36.4 Å². The molecule has 104 valence electrons. The number of nitrogens with one attached hydrogen (secondary N) is 1. The van der Waals surface area contributed by atoms with Crippen molar-refractivity contribution >= 4 is 5.91 Å². The zero-order chi connectivity index (χ0) is 14.2. The lowest BCUT2D eigenvalue weighted by Gasteiger charge is -2.07. The van der Waals surface area contributed by atoms with E-state index in [1.807, 2.05) is 18.2 Å². The van der Waals surface area contributed by atoms with Gasteiger partial charge in [-0.1, -0.05) is 6.07 Å². The maximum absolute atomic E-state index is 12.7. The van der Waals surface area contributed by atoms with E-state index in [0.717, 1.165) is 5.69 Å². The molecule has 0 bridgehead atoms. The topological polar surface area (TPSA) is 51.2 Å². The Morgan fingerprint density at radius 1 is 1.20 bits per heavy atom. The SMILES string of the molecule is O=C(CCOc1ccc(F)cc1)NCc1ccccn1. The Morgan fingerprint density at radius 3 is 2.70 bits per heavy atom. The van der Waals surface area contributed by atoms with Gasteiger partial charge in [0.15, 0.2) is 0 Å². The smallest absolute Gasteiger partial charge is 0.223 e. The van der Waals surface area contributed by atoms with Gasteiger partial charge in [-0.25, -0.2) is 4.39 Å². The molecular formula is C15H15FN2O2. The van der Waals surface area contributed by atoms with Crippen LogP contribution in [0.25, 0.3) is 0 Å². The molecule has 2 aromatic rings. The summed E-state index contributed by atoms with van der Waals surface area (Å²) in [5.41, 5.74) is 0.806. The molecule has 0 atom stereocenters. The number of amides is 1. The Balaban J connectivity index is 1.66. The number of aromatic nitrogens is 1. The van der Waals surface area contributed by atoms with Crippen molar-refractivity contribution < 1.29 is 13.9 Å². The van der Waals surface area contributed by atoms with Crippen molar-refractivity contribution in [3.63, 3.8) is 0 Å². The summed E-state index contributed by atoms with van der Waals surface area (Å²) in [5, 5.41) is 2.75. The zero-order valence-corrected chi connectivity index (χ0v) is 10.9. The summed E-state index contributed by atoms with van der Waals surface area (Å²) in [6.07, 6.45) is 1.92. The van der Waals surface area contributed by atoms with E-state index in [1.54, 1.807) is 6.20 Å².